The van der Waals surface area contributed by atoms with Crippen molar-refractivity contribution >= 4 is 11.6 Å². The molecule has 0 atom stereocenters. The quantitative estimate of drug-likeness (QED) is 0.675. The van der Waals surface area contributed by atoms with E-state index in [0.29, 0.717) is 6.10 Å². The van der Waals surface area contributed by atoms with Gasteiger partial charge < -0.3 is 4.74 Å². The molecule has 0 radical (unpaired) electrons. The fraction of sp³-hybridized carbons (Fsp3) is 0.538. The van der Waals surface area contributed by atoms with Crippen molar-refractivity contribution in [1.29, 1.82) is 0 Å². The third-order valence-corrected chi connectivity index (χ3v) is 3.24. The molecule has 1 aliphatic rings. The Morgan fingerprint density at radius 1 is 1.00 bits per heavy atom. The van der Waals surface area contributed by atoms with Crippen LogP contribution in [-0.4, -0.2) is 6.10 Å². The van der Waals surface area contributed by atoms with Crippen LogP contribution in [0.2, 0.25) is 5.02 Å². The SMILES string of the molecule is Clc1ccccc1OC1CCCCCC1. The van der Waals surface area contributed by atoms with Gasteiger partial charge in [-0.25, -0.2) is 0 Å². The molecule has 2 heteroatoms. The molecule has 1 aromatic rings. The lowest BCUT2D eigenvalue weighted by molar-refractivity contribution is 0.184. The molecule has 2 rings (SSSR count). The van der Waals surface area contributed by atoms with Crippen LogP contribution in [0.1, 0.15) is 38.5 Å². The molecular formula is C13H17ClO. The first kappa shape index (κ1) is 10.8. The Labute approximate surface area is 96.4 Å². The highest BCUT2D eigenvalue weighted by atomic mass is 35.5. The van der Waals surface area contributed by atoms with E-state index < -0.39 is 0 Å². The number of rotatable bonds is 2. The number of para-hydroxylation sites is 1. The zero-order valence-electron chi connectivity index (χ0n) is 8.92. The summed E-state index contributed by atoms with van der Waals surface area (Å²) in [5.74, 6) is 0.839. The molecule has 0 N–H and O–H groups in total. The predicted molar refractivity (Wildman–Crippen MR) is 63.6 cm³/mol. The monoisotopic (exact) mass is 224 g/mol. The van der Waals surface area contributed by atoms with Crippen molar-refractivity contribution in [2.75, 3.05) is 0 Å². The Kier molecular flexibility index (Phi) is 3.90. The molecule has 1 aromatic carbocycles. The summed E-state index contributed by atoms with van der Waals surface area (Å²) in [5, 5.41) is 0.724. The summed E-state index contributed by atoms with van der Waals surface area (Å²) in [4.78, 5) is 0. The second-order valence-corrected chi connectivity index (χ2v) is 4.57. The molecule has 0 aromatic heterocycles. The molecule has 0 spiro atoms. The third kappa shape index (κ3) is 3.13. The fourth-order valence-electron chi connectivity index (χ4n) is 2.08. The summed E-state index contributed by atoms with van der Waals surface area (Å²) in [6, 6.07) is 7.74. The standard InChI is InChI=1S/C13H17ClO/c14-12-9-5-6-10-13(12)15-11-7-3-1-2-4-8-11/h5-6,9-11H,1-4,7-8H2. The molecule has 15 heavy (non-hydrogen) atoms. The van der Waals surface area contributed by atoms with Crippen LogP contribution in [0.25, 0.3) is 0 Å². The minimum Gasteiger partial charge on any atom is -0.489 e. The van der Waals surface area contributed by atoms with Crippen molar-refractivity contribution in [2.45, 2.75) is 44.6 Å². The van der Waals surface area contributed by atoms with Gasteiger partial charge in [0.1, 0.15) is 5.75 Å². The van der Waals surface area contributed by atoms with Crippen molar-refractivity contribution in [2.24, 2.45) is 0 Å². The van der Waals surface area contributed by atoms with Crippen LogP contribution < -0.4 is 4.74 Å². The summed E-state index contributed by atoms with van der Waals surface area (Å²) in [5.41, 5.74) is 0. The summed E-state index contributed by atoms with van der Waals surface area (Å²) in [7, 11) is 0. The first-order valence-corrected chi connectivity index (χ1v) is 6.15. The van der Waals surface area contributed by atoms with E-state index in [0.717, 1.165) is 10.8 Å². The Bertz CT molecular complexity index is 303. The van der Waals surface area contributed by atoms with Crippen LogP contribution in [-0.2, 0) is 0 Å². The minimum atomic E-state index is 0.368. The maximum Gasteiger partial charge on any atom is 0.138 e. The molecule has 0 heterocycles. The van der Waals surface area contributed by atoms with Crippen LogP contribution in [0.4, 0.5) is 0 Å². The van der Waals surface area contributed by atoms with Crippen molar-refractivity contribution in [3.63, 3.8) is 0 Å². The zero-order chi connectivity index (χ0) is 10.5. The van der Waals surface area contributed by atoms with Gasteiger partial charge in [-0.3, -0.25) is 0 Å². The topological polar surface area (TPSA) is 9.23 Å². The third-order valence-electron chi connectivity index (χ3n) is 2.93. The Morgan fingerprint density at radius 2 is 1.67 bits per heavy atom. The van der Waals surface area contributed by atoms with Gasteiger partial charge in [0, 0.05) is 0 Å². The van der Waals surface area contributed by atoms with E-state index in [4.69, 9.17) is 16.3 Å². The molecule has 0 bridgehead atoms. The van der Waals surface area contributed by atoms with Crippen molar-refractivity contribution in [3.05, 3.63) is 29.3 Å². The number of hydrogen-bond acceptors (Lipinski definition) is 1. The second kappa shape index (κ2) is 5.41. The number of halogens is 1. The first-order valence-electron chi connectivity index (χ1n) is 5.77. The first-order chi connectivity index (χ1) is 7.36. The smallest absolute Gasteiger partial charge is 0.138 e. The lowest BCUT2D eigenvalue weighted by Crippen LogP contribution is -2.15. The molecule has 1 saturated carbocycles. The maximum atomic E-state index is 6.06. The van der Waals surface area contributed by atoms with E-state index in [1.54, 1.807) is 0 Å². The Hall–Kier alpha value is -0.690. The predicted octanol–water partition coefficient (Wildman–Crippen LogP) is 4.44. The van der Waals surface area contributed by atoms with Gasteiger partial charge in [0.2, 0.25) is 0 Å². The summed E-state index contributed by atoms with van der Waals surface area (Å²) < 4.78 is 5.93. The zero-order valence-corrected chi connectivity index (χ0v) is 9.67. The average molecular weight is 225 g/mol. The summed E-state index contributed by atoms with van der Waals surface area (Å²) >= 11 is 6.06. The lowest BCUT2D eigenvalue weighted by atomic mass is 10.1. The van der Waals surface area contributed by atoms with E-state index >= 15 is 0 Å². The Balaban J connectivity index is 1.98. The lowest BCUT2D eigenvalue weighted by Gasteiger charge is -2.17. The summed E-state index contributed by atoms with van der Waals surface area (Å²) in [6.45, 7) is 0. The highest BCUT2D eigenvalue weighted by Crippen LogP contribution is 2.28. The molecule has 0 saturated heterocycles. The average Bonchev–Trinajstić information content (AvgIpc) is 2.50. The van der Waals surface area contributed by atoms with Gasteiger partial charge in [-0.15, -0.1) is 0 Å². The molecule has 1 nitrogen and oxygen atoms in total. The highest BCUT2D eigenvalue weighted by Gasteiger charge is 2.14. The molecule has 0 aliphatic heterocycles. The number of hydrogen-bond donors (Lipinski definition) is 0. The molecule has 0 unspecified atom stereocenters. The normalized spacial score (nSPS) is 18.5. The van der Waals surface area contributed by atoms with E-state index in [-0.39, 0.29) is 0 Å². The van der Waals surface area contributed by atoms with Crippen LogP contribution in [0.5, 0.6) is 5.75 Å². The fourth-order valence-corrected chi connectivity index (χ4v) is 2.26. The summed E-state index contributed by atoms with van der Waals surface area (Å²) in [6.07, 6.45) is 7.98. The number of benzene rings is 1. The van der Waals surface area contributed by atoms with Crippen LogP contribution in [0, 0.1) is 0 Å². The minimum absolute atomic E-state index is 0.368. The van der Waals surface area contributed by atoms with Gasteiger partial charge in [-0.05, 0) is 37.8 Å². The molecule has 1 aliphatic carbocycles. The van der Waals surface area contributed by atoms with Gasteiger partial charge in [0.25, 0.3) is 0 Å². The Morgan fingerprint density at radius 3 is 2.33 bits per heavy atom. The second-order valence-electron chi connectivity index (χ2n) is 4.16. The maximum absolute atomic E-state index is 6.06. The van der Waals surface area contributed by atoms with Crippen molar-refractivity contribution in [3.8, 4) is 5.75 Å². The van der Waals surface area contributed by atoms with E-state index in [9.17, 15) is 0 Å². The van der Waals surface area contributed by atoms with Crippen molar-refractivity contribution in [1.82, 2.24) is 0 Å². The van der Waals surface area contributed by atoms with Gasteiger partial charge >= 0.3 is 0 Å². The highest BCUT2D eigenvalue weighted by molar-refractivity contribution is 6.32. The largest absolute Gasteiger partial charge is 0.489 e. The van der Waals surface area contributed by atoms with Gasteiger partial charge in [-0.1, -0.05) is 36.6 Å². The molecular weight excluding hydrogens is 208 g/mol. The molecule has 82 valence electrons. The van der Waals surface area contributed by atoms with Gasteiger partial charge in [0.15, 0.2) is 0 Å². The van der Waals surface area contributed by atoms with E-state index in [1.807, 2.05) is 24.3 Å². The van der Waals surface area contributed by atoms with Gasteiger partial charge in [0.05, 0.1) is 11.1 Å². The van der Waals surface area contributed by atoms with E-state index in [2.05, 4.69) is 0 Å². The van der Waals surface area contributed by atoms with Crippen molar-refractivity contribution < 1.29 is 4.74 Å². The molecule has 1 fully saturated rings. The van der Waals surface area contributed by atoms with E-state index in [1.165, 1.54) is 38.5 Å². The van der Waals surface area contributed by atoms with Crippen LogP contribution in [0.15, 0.2) is 24.3 Å². The van der Waals surface area contributed by atoms with Crippen LogP contribution >= 0.6 is 11.6 Å². The van der Waals surface area contributed by atoms with Crippen LogP contribution in [0.3, 0.4) is 0 Å². The molecule has 0 amide bonds. The van der Waals surface area contributed by atoms with Gasteiger partial charge in [-0.2, -0.15) is 0 Å². The number of ether oxygens (including phenoxy) is 1.